The first-order valence-corrected chi connectivity index (χ1v) is 7.09. The molecule has 2 heteroatoms. The normalized spacial score (nSPS) is 59.4. The summed E-state index contributed by atoms with van der Waals surface area (Å²) in [4.78, 5) is 0. The van der Waals surface area contributed by atoms with Gasteiger partial charge in [0.15, 0.2) is 0 Å². The van der Waals surface area contributed by atoms with Crippen molar-refractivity contribution in [2.45, 2.75) is 75.8 Å². The third kappa shape index (κ3) is 1.46. The van der Waals surface area contributed by atoms with Gasteiger partial charge in [-0.3, -0.25) is 0 Å². The molecule has 2 saturated heterocycles. The Bertz CT molecular complexity index is 291. The molecule has 90 valence electrons. The fourth-order valence-electron chi connectivity index (χ4n) is 4.34. The Morgan fingerprint density at radius 3 is 2.50 bits per heavy atom. The molecular weight excluding hydrogens is 200 g/mol. The average Bonchev–Trinajstić information content (AvgIpc) is 3.08. The van der Waals surface area contributed by atoms with Crippen LogP contribution in [-0.2, 0) is 9.47 Å². The van der Waals surface area contributed by atoms with Crippen molar-refractivity contribution in [2.75, 3.05) is 0 Å². The molecule has 2 aliphatic heterocycles. The Morgan fingerprint density at radius 1 is 1.00 bits per heavy atom. The minimum atomic E-state index is 0.286. The van der Waals surface area contributed by atoms with E-state index in [1.807, 2.05) is 0 Å². The highest BCUT2D eigenvalue weighted by atomic mass is 16.6. The van der Waals surface area contributed by atoms with E-state index in [1.54, 1.807) is 0 Å². The van der Waals surface area contributed by atoms with E-state index >= 15 is 0 Å². The van der Waals surface area contributed by atoms with Crippen molar-refractivity contribution >= 4 is 0 Å². The van der Waals surface area contributed by atoms with Crippen LogP contribution in [-0.4, -0.2) is 23.9 Å². The lowest BCUT2D eigenvalue weighted by Gasteiger charge is -2.29. The lowest BCUT2D eigenvalue weighted by Crippen LogP contribution is -2.29. The van der Waals surface area contributed by atoms with Crippen LogP contribution in [0.4, 0.5) is 0 Å². The number of epoxide rings is 2. The zero-order chi connectivity index (χ0) is 10.8. The van der Waals surface area contributed by atoms with Crippen LogP contribution in [0.2, 0.25) is 0 Å². The molecule has 2 saturated carbocycles. The van der Waals surface area contributed by atoms with Crippen LogP contribution in [0.1, 0.15) is 51.9 Å². The van der Waals surface area contributed by atoms with Crippen LogP contribution in [0, 0.1) is 11.8 Å². The number of hydrogen-bond donors (Lipinski definition) is 0. The van der Waals surface area contributed by atoms with Gasteiger partial charge in [0, 0.05) is 0 Å². The summed E-state index contributed by atoms with van der Waals surface area (Å²) in [5, 5.41) is 0. The van der Waals surface area contributed by atoms with Crippen LogP contribution in [0.25, 0.3) is 0 Å². The van der Waals surface area contributed by atoms with Crippen LogP contribution < -0.4 is 0 Å². The fraction of sp³-hybridized carbons (Fsp3) is 1.00. The summed E-state index contributed by atoms with van der Waals surface area (Å²) in [6.07, 6.45) is 11.4. The minimum Gasteiger partial charge on any atom is -0.370 e. The van der Waals surface area contributed by atoms with Gasteiger partial charge in [-0.2, -0.15) is 0 Å². The Balaban J connectivity index is 1.45. The SMILES string of the molecule is CC12CCCC(C3CCC4OC4CC3)C1O2. The first kappa shape index (κ1) is 9.90. The molecule has 0 N–H and O–H groups in total. The van der Waals surface area contributed by atoms with Gasteiger partial charge in [0.1, 0.15) is 0 Å². The zero-order valence-electron chi connectivity index (χ0n) is 10.2. The first-order valence-electron chi connectivity index (χ1n) is 7.09. The summed E-state index contributed by atoms with van der Waals surface area (Å²) < 4.78 is 11.6. The van der Waals surface area contributed by atoms with Gasteiger partial charge in [-0.1, -0.05) is 6.42 Å². The predicted octanol–water partition coefficient (Wildman–Crippen LogP) is 2.90. The summed E-state index contributed by atoms with van der Waals surface area (Å²) in [6, 6.07) is 0. The molecule has 0 aromatic rings. The molecule has 2 heterocycles. The molecule has 0 amide bonds. The van der Waals surface area contributed by atoms with Crippen molar-refractivity contribution in [3.8, 4) is 0 Å². The lowest BCUT2D eigenvalue weighted by molar-refractivity contribution is 0.194. The third-order valence-corrected chi connectivity index (χ3v) is 5.48. The number of hydrogen-bond acceptors (Lipinski definition) is 2. The van der Waals surface area contributed by atoms with Crippen LogP contribution >= 0.6 is 0 Å². The molecule has 0 aromatic carbocycles. The van der Waals surface area contributed by atoms with Crippen molar-refractivity contribution in [1.29, 1.82) is 0 Å². The fourth-order valence-corrected chi connectivity index (χ4v) is 4.34. The van der Waals surface area contributed by atoms with E-state index in [2.05, 4.69) is 6.92 Å². The maximum Gasteiger partial charge on any atom is 0.0923 e. The van der Waals surface area contributed by atoms with Crippen LogP contribution in [0.3, 0.4) is 0 Å². The molecule has 5 unspecified atom stereocenters. The van der Waals surface area contributed by atoms with Gasteiger partial charge >= 0.3 is 0 Å². The van der Waals surface area contributed by atoms with E-state index in [0.717, 1.165) is 11.8 Å². The second-order valence-electron chi connectivity index (χ2n) is 6.53. The standard InChI is InChI=1S/C14H22O2/c1-14-8-2-3-10(13(14)16-14)9-4-6-11-12(15-11)7-5-9/h9-13H,2-8H2,1H3. The topological polar surface area (TPSA) is 25.1 Å². The molecule has 2 aliphatic carbocycles. The minimum absolute atomic E-state index is 0.286. The van der Waals surface area contributed by atoms with Gasteiger partial charge in [-0.15, -0.1) is 0 Å². The summed E-state index contributed by atoms with van der Waals surface area (Å²) in [6.45, 7) is 2.32. The molecule has 0 aromatic heterocycles. The second-order valence-corrected chi connectivity index (χ2v) is 6.53. The summed E-state index contributed by atoms with van der Waals surface area (Å²) in [5.74, 6) is 1.81. The Morgan fingerprint density at radius 2 is 1.75 bits per heavy atom. The van der Waals surface area contributed by atoms with Crippen LogP contribution in [0.5, 0.6) is 0 Å². The van der Waals surface area contributed by atoms with E-state index in [9.17, 15) is 0 Å². The molecule has 0 radical (unpaired) electrons. The van der Waals surface area contributed by atoms with Gasteiger partial charge < -0.3 is 9.47 Å². The third-order valence-electron chi connectivity index (χ3n) is 5.48. The van der Waals surface area contributed by atoms with Crippen molar-refractivity contribution < 1.29 is 9.47 Å². The lowest BCUT2D eigenvalue weighted by atomic mass is 9.73. The largest absolute Gasteiger partial charge is 0.370 e. The number of rotatable bonds is 1. The number of fused-ring (bicyclic) bond motifs is 2. The Hall–Kier alpha value is -0.0800. The number of ether oxygens (including phenoxy) is 2. The predicted molar refractivity (Wildman–Crippen MR) is 61.2 cm³/mol. The molecule has 4 aliphatic rings. The zero-order valence-corrected chi connectivity index (χ0v) is 10.2. The second kappa shape index (κ2) is 3.23. The first-order chi connectivity index (χ1) is 7.76. The van der Waals surface area contributed by atoms with E-state index in [1.165, 1.54) is 44.9 Å². The van der Waals surface area contributed by atoms with Gasteiger partial charge in [-0.25, -0.2) is 0 Å². The summed E-state index contributed by atoms with van der Waals surface area (Å²) in [5.41, 5.74) is 0.286. The molecule has 5 atom stereocenters. The molecule has 4 fully saturated rings. The van der Waals surface area contributed by atoms with E-state index < -0.39 is 0 Å². The summed E-state index contributed by atoms with van der Waals surface area (Å²) >= 11 is 0. The quantitative estimate of drug-likeness (QED) is 0.637. The highest BCUT2D eigenvalue weighted by molar-refractivity contribution is 5.07. The highest BCUT2D eigenvalue weighted by Gasteiger charge is 2.59. The Kier molecular flexibility index (Phi) is 2.00. The van der Waals surface area contributed by atoms with E-state index in [4.69, 9.17) is 9.47 Å². The van der Waals surface area contributed by atoms with E-state index in [-0.39, 0.29) is 5.60 Å². The monoisotopic (exact) mass is 222 g/mol. The van der Waals surface area contributed by atoms with Gasteiger partial charge in [0.2, 0.25) is 0 Å². The van der Waals surface area contributed by atoms with Crippen molar-refractivity contribution in [2.24, 2.45) is 11.8 Å². The average molecular weight is 222 g/mol. The highest BCUT2D eigenvalue weighted by Crippen LogP contribution is 2.54. The molecule has 16 heavy (non-hydrogen) atoms. The van der Waals surface area contributed by atoms with Crippen molar-refractivity contribution in [1.82, 2.24) is 0 Å². The maximum atomic E-state index is 5.98. The van der Waals surface area contributed by atoms with Gasteiger partial charge in [0.25, 0.3) is 0 Å². The Labute approximate surface area is 97.7 Å². The summed E-state index contributed by atoms with van der Waals surface area (Å²) in [7, 11) is 0. The van der Waals surface area contributed by atoms with Gasteiger partial charge in [0.05, 0.1) is 23.9 Å². The van der Waals surface area contributed by atoms with Crippen LogP contribution in [0.15, 0.2) is 0 Å². The maximum absolute atomic E-state index is 5.98. The molecular formula is C14H22O2. The molecule has 2 nitrogen and oxygen atoms in total. The van der Waals surface area contributed by atoms with Gasteiger partial charge in [-0.05, 0) is 57.3 Å². The van der Waals surface area contributed by atoms with E-state index in [0.29, 0.717) is 18.3 Å². The van der Waals surface area contributed by atoms with Crippen molar-refractivity contribution in [3.05, 3.63) is 0 Å². The smallest absolute Gasteiger partial charge is 0.0923 e. The molecule has 0 bridgehead atoms. The molecule has 0 spiro atoms. The molecule has 4 rings (SSSR count). The van der Waals surface area contributed by atoms with Crippen molar-refractivity contribution in [3.63, 3.8) is 0 Å².